The number of hydrogen-bond donors (Lipinski definition) is 1. The lowest BCUT2D eigenvalue weighted by molar-refractivity contribution is -0.139. The van der Waals surface area contributed by atoms with E-state index in [0.29, 0.717) is 0 Å². The van der Waals surface area contributed by atoms with Crippen molar-refractivity contribution in [1.82, 2.24) is 15.1 Å². The number of aromatic amines is 1. The van der Waals surface area contributed by atoms with E-state index in [9.17, 15) is 9.59 Å². The van der Waals surface area contributed by atoms with Gasteiger partial charge in [0, 0.05) is 12.6 Å². The Labute approximate surface area is 110 Å². The number of likely N-dealkylation sites (tertiary alicyclic amines) is 1. The Morgan fingerprint density at radius 3 is 2.68 bits per heavy atom. The number of hydrogen-bond acceptors (Lipinski definition) is 3. The van der Waals surface area contributed by atoms with Gasteiger partial charge < -0.3 is 0 Å². The molecular weight excluding hydrogens is 242 g/mol. The topological polar surface area (TPSA) is 66.1 Å². The Bertz CT molecular complexity index is 592. The molecule has 1 N–H and O–H groups in total. The minimum Gasteiger partial charge on any atom is -0.281 e. The fourth-order valence-corrected chi connectivity index (χ4v) is 2.34. The number of H-pyrrole nitrogens is 1. The van der Waals surface area contributed by atoms with Crippen LogP contribution in [-0.2, 0) is 16.1 Å². The van der Waals surface area contributed by atoms with Gasteiger partial charge in [0.15, 0.2) is 0 Å². The monoisotopic (exact) mass is 255 g/mol. The Balaban J connectivity index is 1.81. The van der Waals surface area contributed by atoms with Crippen molar-refractivity contribution < 1.29 is 9.59 Å². The summed E-state index contributed by atoms with van der Waals surface area (Å²) in [5.74, 6) is -0.615. The smallest absolute Gasteiger partial charge is 0.237 e. The molecule has 1 aliphatic rings. The molecule has 5 heteroatoms. The lowest BCUT2D eigenvalue weighted by atomic mass is 9.98. The van der Waals surface area contributed by atoms with Crippen molar-refractivity contribution in [3.63, 3.8) is 0 Å². The van der Waals surface area contributed by atoms with Crippen LogP contribution in [0.25, 0.3) is 0 Å². The fourth-order valence-electron chi connectivity index (χ4n) is 2.34. The van der Waals surface area contributed by atoms with Gasteiger partial charge in [0.25, 0.3) is 0 Å². The van der Waals surface area contributed by atoms with Crippen molar-refractivity contribution in [3.8, 4) is 0 Å². The lowest BCUT2D eigenvalue weighted by Crippen LogP contribution is -2.29. The van der Waals surface area contributed by atoms with Crippen LogP contribution < -0.4 is 0 Å². The number of aromatic nitrogens is 2. The standard InChI is InChI=1S/C14H13N3O2/c18-13-8-12(10-4-2-1-3-5-10)14(19)17(13)9-11-6-7-15-16-11/h1-7,12H,8-9H2,(H,15,16). The summed E-state index contributed by atoms with van der Waals surface area (Å²) in [6.07, 6.45) is 1.85. The summed E-state index contributed by atoms with van der Waals surface area (Å²) >= 11 is 0. The van der Waals surface area contributed by atoms with Crippen molar-refractivity contribution in [2.24, 2.45) is 0 Å². The molecule has 19 heavy (non-hydrogen) atoms. The van der Waals surface area contributed by atoms with E-state index < -0.39 is 0 Å². The molecule has 0 aliphatic carbocycles. The summed E-state index contributed by atoms with van der Waals surface area (Å²) in [4.78, 5) is 25.6. The number of carbonyl (C=O) groups excluding carboxylic acids is 2. The number of imide groups is 1. The number of rotatable bonds is 3. The van der Waals surface area contributed by atoms with Gasteiger partial charge in [-0.25, -0.2) is 0 Å². The molecule has 2 heterocycles. The van der Waals surface area contributed by atoms with Crippen molar-refractivity contribution in [3.05, 3.63) is 53.9 Å². The fraction of sp³-hybridized carbons (Fsp3) is 0.214. The van der Waals surface area contributed by atoms with Crippen LogP contribution >= 0.6 is 0 Å². The molecule has 2 amide bonds. The quantitative estimate of drug-likeness (QED) is 0.844. The highest BCUT2D eigenvalue weighted by Gasteiger charge is 2.39. The summed E-state index contributed by atoms with van der Waals surface area (Å²) in [5, 5.41) is 6.58. The SMILES string of the molecule is O=C1CC(c2ccccc2)C(=O)N1Cc1ccn[nH]1. The zero-order chi connectivity index (χ0) is 13.2. The molecule has 5 nitrogen and oxygen atoms in total. The molecule has 1 saturated heterocycles. The van der Waals surface area contributed by atoms with Gasteiger partial charge in [0.05, 0.1) is 18.2 Å². The highest BCUT2D eigenvalue weighted by molar-refractivity contribution is 6.06. The Hall–Kier alpha value is -2.43. The van der Waals surface area contributed by atoms with Crippen molar-refractivity contribution >= 4 is 11.8 Å². The molecule has 96 valence electrons. The van der Waals surface area contributed by atoms with Crippen LogP contribution in [0.15, 0.2) is 42.6 Å². The van der Waals surface area contributed by atoms with Gasteiger partial charge in [-0.1, -0.05) is 30.3 Å². The second-order valence-corrected chi connectivity index (χ2v) is 4.57. The van der Waals surface area contributed by atoms with Gasteiger partial charge in [0.1, 0.15) is 0 Å². The van der Waals surface area contributed by atoms with E-state index in [1.807, 2.05) is 30.3 Å². The first-order chi connectivity index (χ1) is 9.25. The number of nitrogens with zero attached hydrogens (tertiary/aromatic N) is 2. The van der Waals surface area contributed by atoms with Crippen molar-refractivity contribution in [2.45, 2.75) is 18.9 Å². The molecule has 0 bridgehead atoms. The van der Waals surface area contributed by atoms with E-state index in [2.05, 4.69) is 10.2 Å². The molecule has 0 radical (unpaired) electrons. The number of benzene rings is 1. The molecule has 1 unspecified atom stereocenters. The zero-order valence-corrected chi connectivity index (χ0v) is 10.2. The first kappa shape index (κ1) is 11.6. The van der Waals surface area contributed by atoms with E-state index >= 15 is 0 Å². The maximum atomic E-state index is 12.3. The summed E-state index contributed by atoms with van der Waals surface area (Å²) in [5.41, 5.74) is 1.66. The molecule has 1 aromatic carbocycles. The molecule has 0 spiro atoms. The highest BCUT2D eigenvalue weighted by Crippen LogP contribution is 2.30. The van der Waals surface area contributed by atoms with E-state index in [4.69, 9.17) is 0 Å². The van der Waals surface area contributed by atoms with E-state index in [-0.39, 0.29) is 30.7 Å². The van der Waals surface area contributed by atoms with E-state index in [1.54, 1.807) is 12.3 Å². The molecule has 1 aromatic heterocycles. The van der Waals surface area contributed by atoms with Gasteiger partial charge in [0.2, 0.25) is 11.8 Å². The summed E-state index contributed by atoms with van der Waals surface area (Å²) in [7, 11) is 0. The zero-order valence-electron chi connectivity index (χ0n) is 10.2. The molecule has 2 aromatic rings. The van der Waals surface area contributed by atoms with Gasteiger partial charge in [-0.05, 0) is 11.6 Å². The Morgan fingerprint density at radius 1 is 1.21 bits per heavy atom. The third-order valence-electron chi connectivity index (χ3n) is 3.33. The summed E-state index contributed by atoms with van der Waals surface area (Å²) < 4.78 is 0. The first-order valence-corrected chi connectivity index (χ1v) is 6.13. The lowest BCUT2D eigenvalue weighted by Gasteiger charge is -2.13. The van der Waals surface area contributed by atoms with Gasteiger partial charge in [-0.15, -0.1) is 0 Å². The Kier molecular flexibility index (Phi) is 2.87. The van der Waals surface area contributed by atoms with Gasteiger partial charge in [-0.3, -0.25) is 19.6 Å². The Morgan fingerprint density at radius 2 is 2.00 bits per heavy atom. The minimum absolute atomic E-state index is 0.131. The first-order valence-electron chi connectivity index (χ1n) is 6.13. The number of nitrogens with one attached hydrogen (secondary N) is 1. The van der Waals surface area contributed by atoms with Crippen molar-refractivity contribution in [2.75, 3.05) is 0 Å². The van der Waals surface area contributed by atoms with Crippen LogP contribution in [0.4, 0.5) is 0 Å². The summed E-state index contributed by atoms with van der Waals surface area (Å²) in [6, 6.07) is 11.2. The highest BCUT2D eigenvalue weighted by atomic mass is 16.2. The molecular formula is C14H13N3O2. The molecule has 1 aliphatic heterocycles. The maximum absolute atomic E-state index is 12.3. The largest absolute Gasteiger partial charge is 0.281 e. The van der Waals surface area contributed by atoms with Crippen LogP contribution in [0.3, 0.4) is 0 Å². The van der Waals surface area contributed by atoms with E-state index in [0.717, 1.165) is 11.3 Å². The normalized spacial score (nSPS) is 19.2. The molecule has 0 saturated carbocycles. The molecule has 3 rings (SSSR count). The second-order valence-electron chi connectivity index (χ2n) is 4.57. The van der Waals surface area contributed by atoms with Crippen LogP contribution in [0.1, 0.15) is 23.6 Å². The predicted octanol–water partition coefficient (Wildman–Crippen LogP) is 1.45. The van der Waals surface area contributed by atoms with Crippen LogP contribution in [0.2, 0.25) is 0 Å². The average molecular weight is 255 g/mol. The molecule has 1 atom stereocenters. The predicted molar refractivity (Wildman–Crippen MR) is 67.9 cm³/mol. The van der Waals surface area contributed by atoms with Crippen LogP contribution in [0, 0.1) is 0 Å². The van der Waals surface area contributed by atoms with E-state index in [1.165, 1.54) is 4.90 Å². The maximum Gasteiger partial charge on any atom is 0.237 e. The van der Waals surface area contributed by atoms with Crippen molar-refractivity contribution in [1.29, 1.82) is 0 Å². The molecule has 1 fully saturated rings. The third kappa shape index (κ3) is 2.14. The number of amides is 2. The number of carbonyl (C=O) groups is 2. The van der Waals surface area contributed by atoms with Crippen LogP contribution in [0.5, 0.6) is 0 Å². The van der Waals surface area contributed by atoms with Gasteiger partial charge in [-0.2, -0.15) is 5.10 Å². The summed E-state index contributed by atoms with van der Waals surface area (Å²) in [6.45, 7) is 0.265. The third-order valence-corrected chi connectivity index (χ3v) is 3.33. The van der Waals surface area contributed by atoms with Gasteiger partial charge >= 0.3 is 0 Å². The average Bonchev–Trinajstić information content (AvgIpc) is 3.03. The van der Waals surface area contributed by atoms with Crippen LogP contribution in [-0.4, -0.2) is 26.9 Å². The second kappa shape index (κ2) is 4.68. The minimum atomic E-state index is -0.350.